The summed E-state index contributed by atoms with van der Waals surface area (Å²) in [7, 11) is 1.52. The predicted molar refractivity (Wildman–Crippen MR) is 137 cm³/mol. The minimum absolute atomic E-state index is 0.224. The van der Waals surface area contributed by atoms with Gasteiger partial charge < -0.3 is 29.3 Å². The van der Waals surface area contributed by atoms with E-state index in [-0.39, 0.29) is 11.3 Å². The number of aromatic nitrogens is 1. The van der Waals surface area contributed by atoms with Crippen molar-refractivity contribution in [3.05, 3.63) is 89.2 Å². The molecular weight excluding hydrogens is 482 g/mol. The molecule has 0 bridgehead atoms. The topological polar surface area (TPSA) is 108 Å². The van der Waals surface area contributed by atoms with E-state index in [1.807, 2.05) is 42.5 Å². The highest BCUT2D eigenvalue weighted by Crippen LogP contribution is 2.69. The number of fused-ring (bicyclic) bond motifs is 3. The molecule has 7 rings (SSSR count). The number of hydrogen-bond donors (Lipinski definition) is 2. The summed E-state index contributed by atoms with van der Waals surface area (Å²) in [6.45, 7) is 3.96. The number of nitrogens with zero attached hydrogens (tertiary/aromatic N) is 3. The van der Waals surface area contributed by atoms with Gasteiger partial charge in [0.25, 0.3) is 0 Å². The molecule has 0 radical (unpaired) electrons. The molecule has 5 atom stereocenters. The second-order valence-electron chi connectivity index (χ2n) is 11.2. The lowest BCUT2D eigenvalue weighted by Crippen LogP contribution is -2.66. The number of likely N-dealkylation sites (tertiary alicyclic amines) is 1. The molecule has 2 N–H and O–H groups in total. The second kappa shape index (κ2) is 8.26. The zero-order valence-electron chi connectivity index (χ0n) is 21.1. The number of aliphatic hydroxyl groups excluding tert-OH is 1. The summed E-state index contributed by atoms with van der Waals surface area (Å²) in [4.78, 5) is 6.62. The summed E-state index contributed by atoms with van der Waals surface area (Å²) < 4.78 is 17.9. The fraction of sp³-hybridized carbons (Fsp3) is 0.400. The minimum atomic E-state index is -1.84. The number of ether oxygens (including phenoxy) is 3. The van der Waals surface area contributed by atoms with Gasteiger partial charge in [0, 0.05) is 36.9 Å². The maximum Gasteiger partial charge on any atom is 0.177 e. The fourth-order valence-corrected chi connectivity index (χ4v) is 7.43. The second-order valence-corrected chi connectivity index (χ2v) is 11.2. The first-order valence-corrected chi connectivity index (χ1v) is 12.9. The maximum absolute atomic E-state index is 12.9. The van der Waals surface area contributed by atoms with Crippen molar-refractivity contribution in [2.24, 2.45) is 11.3 Å². The van der Waals surface area contributed by atoms with Crippen LogP contribution in [0.2, 0.25) is 0 Å². The largest absolute Gasteiger partial charge is 0.495 e. The number of methoxy groups -OCH3 is 1. The molecule has 8 heteroatoms. The van der Waals surface area contributed by atoms with E-state index in [1.165, 1.54) is 7.11 Å². The number of benzene rings is 2. The van der Waals surface area contributed by atoms with Crippen molar-refractivity contribution >= 4 is 0 Å². The van der Waals surface area contributed by atoms with Crippen LogP contribution in [-0.2, 0) is 15.9 Å². The highest BCUT2D eigenvalue weighted by Gasteiger charge is 2.77. The third kappa shape index (κ3) is 2.96. The van der Waals surface area contributed by atoms with Gasteiger partial charge in [0.05, 0.1) is 56.0 Å². The summed E-state index contributed by atoms with van der Waals surface area (Å²) in [5.41, 5.74) is -0.447. The van der Waals surface area contributed by atoms with Crippen LogP contribution in [-0.4, -0.2) is 66.2 Å². The first-order chi connectivity index (χ1) is 18.5. The number of aliphatic hydroxyl groups is 2. The van der Waals surface area contributed by atoms with Crippen molar-refractivity contribution in [2.75, 3.05) is 40.0 Å². The number of rotatable bonds is 5. The first-order valence-electron chi connectivity index (χ1n) is 12.9. The van der Waals surface area contributed by atoms with Crippen LogP contribution in [0.5, 0.6) is 11.5 Å². The monoisotopic (exact) mass is 511 g/mol. The number of nitriles is 1. The molecule has 3 fully saturated rings. The zero-order chi connectivity index (χ0) is 26.1. The summed E-state index contributed by atoms with van der Waals surface area (Å²) in [5, 5.41) is 34.5. The smallest absolute Gasteiger partial charge is 0.177 e. The molecule has 1 aromatic heterocycles. The van der Waals surface area contributed by atoms with Gasteiger partial charge in [-0.25, -0.2) is 0 Å². The zero-order valence-corrected chi connectivity index (χ0v) is 21.1. The Morgan fingerprint density at radius 3 is 2.47 bits per heavy atom. The summed E-state index contributed by atoms with van der Waals surface area (Å²) in [5.74, 6) is -0.0314. The third-order valence-electron chi connectivity index (χ3n) is 9.02. The Balaban J connectivity index is 1.43. The molecule has 1 saturated carbocycles. The Morgan fingerprint density at radius 2 is 1.84 bits per heavy atom. The average molecular weight is 512 g/mol. The lowest BCUT2D eigenvalue weighted by atomic mass is 9.70. The normalized spacial score (nSPS) is 32.4. The Labute approximate surface area is 221 Å². The van der Waals surface area contributed by atoms with Crippen molar-refractivity contribution < 1.29 is 24.4 Å². The van der Waals surface area contributed by atoms with Crippen molar-refractivity contribution in [1.29, 1.82) is 5.26 Å². The van der Waals surface area contributed by atoms with Gasteiger partial charge in [0.1, 0.15) is 11.5 Å². The Kier molecular flexibility index (Phi) is 5.13. The van der Waals surface area contributed by atoms with Crippen molar-refractivity contribution in [3.8, 4) is 17.6 Å². The van der Waals surface area contributed by atoms with Gasteiger partial charge in [0.2, 0.25) is 0 Å². The van der Waals surface area contributed by atoms with Crippen molar-refractivity contribution in [2.45, 2.75) is 23.2 Å². The van der Waals surface area contributed by atoms with Crippen LogP contribution in [0.4, 0.5) is 0 Å². The molecule has 0 unspecified atom stereocenters. The number of pyridine rings is 1. The molecule has 0 amide bonds. The molecule has 1 spiro atoms. The van der Waals surface area contributed by atoms with Gasteiger partial charge in [-0.1, -0.05) is 42.5 Å². The standard InChI is InChI=1S/C30H29N3O5/c1-36-23-12-32-13-24-26(23)29(35)27(34)22(14-33-15-28(16-33)17-37-18-28)25(20-5-3-2-4-6-20)30(29,38-24)21-9-7-19(11-31)8-10-21/h2-10,12-13,22,25,27,34-35H,14-18H2,1H3/t22-,25-,27-,29+,30+/m1/s1. The van der Waals surface area contributed by atoms with Gasteiger partial charge in [-0.15, -0.1) is 0 Å². The molecule has 3 aromatic rings. The van der Waals surface area contributed by atoms with Gasteiger partial charge in [0.15, 0.2) is 11.2 Å². The lowest BCUT2D eigenvalue weighted by Gasteiger charge is -2.56. The Hall–Kier alpha value is -3.48. The molecule has 2 saturated heterocycles. The highest BCUT2D eigenvalue weighted by atomic mass is 16.5. The quantitative estimate of drug-likeness (QED) is 0.538. The van der Waals surface area contributed by atoms with Crippen LogP contribution in [0.15, 0.2) is 67.0 Å². The molecule has 2 aromatic carbocycles. The fourth-order valence-electron chi connectivity index (χ4n) is 7.43. The van der Waals surface area contributed by atoms with E-state index in [4.69, 9.17) is 14.2 Å². The molecule has 38 heavy (non-hydrogen) atoms. The summed E-state index contributed by atoms with van der Waals surface area (Å²) >= 11 is 0. The Morgan fingerprint density at radius 1 is 1.11 bits per heavy atom. The van der Waals surface area contributed by atoms with E-state index in [2.05, 4.69) is 16.0 Å². The highest BCUT2D eigenvalue weighted by molar-refractivity contribution is 5.59. The van der Waals surface area contributed by atoms with E-state index in [0.29, 0.717) is 34.7 Å². The van der Waals surface area contributed by atoms with Crippen LogP contribution in [0.1, 0.15) is 28.2 Å². The van der Waals surface area contributed by atoms with E-state index in [1.54, 1.807) is 24.5 Å². The lowest BCUT2D eigenvalue weighted by molar-refractivity contribution is -0.194. The first kappa shape index (κ1) is 23.6. The van der Waals surface area contributed by atoms with Crippen molar-refractivity contribution in [3.63, 3.8) is 0 Å². The SMILES string of the molecule is COc1cncc2c1[C@]1(O)[C@H](O)[C@H](CN3CC4(COC4)C3)[C@@H](c3ccccc3)[C@]1(c1ccc(C#N)cc1)O2. The van der Waals surface area contributed by atoms with Gasteiger partial charge >= 0.3 is 0 Å². The molecule has 3 aliphatic heterocycles. The molecule has 4 aliphatic rings. The Bertz CT molecular complexity index is 1410. The molecule has 4 heterocycles. The average Bonchev–Trinajstić information content (AvgIpc) is 3.28. The number of hydrogen-bond acceptors (Lipinski definition) is 8. The molecule has 8 nitrogen and oxygen atoms in total. The summed E-state index contributed by atoms with van der Waals surface area (Å²) in [6, 6.07) is 19.2. The predicted octanol–water partition coefficient (Wildman–Crippen LogP) is 2.54. The molecule has 194 valence electrons. The molecule has 1 aliphatic carbocycles. The van der Waals surface area contributed by atoms with E-state index >= 15 is 0 Å². The van der Waals surface area contributed by atoms with Crippen LogP contribution >= 0.6 is 0 Å². The third-order valence-corrected chi connectivity index (χ3v) is 9.02. The van der Waals surface area contributed by atoms with Crippen LogP contribution < -0.4 is 9.47 Å². The van der Waals surface area contributed by atoms with Gasteiger partial charge in [-0.3, -0.25) is 4.98 Å². The van der Waals surface area contributed by atoms with Crippen LogP contribution in [0, 0.1) is 22.7 Å². The minimum Gasteiger partial charge on any atom is -0.495 e. The van der Waals surface area contributed by atoms with E-state index in [9.17, 15) is 15.5 Å². The van der Waals surface area contributed by atoms with E-state index in [0.717, 1.165) is 31.9 Å². The van der Waals surface area contributed by atoms with Crippen molar-refractivity contribution in [1.82, 2.24) is 9.88 Å². The molecular formula is C30H29N3O5. The maximum atomic E-state index is 12.9. The van der Waals surface area contributed by atoms with Gasteiger partial charge in [-0.05, 0) is 23.3 Å². The van der Waals surface area contributed by atoms with Crippen LogP contribution in [0.3, 0.4) is 0 Å². The summed E-state index contributed by atoms with van der Waals surface area (Å²) in [6.07, 6.45) is 1.94. The van der Waals surface area contributed by atoms with E-state index < -0.39 is 23.2 Å². The van der Waals surface area contributed by atoms with Gasteiger partial charge in [-0.2, -0.15) is 5.26 Å². The van der Waals surface area contributed by atoms with Crippen LogP contribution in [0.25, 0.3) is 0 Å².